The molecule has 0 radical (unpaired) electrons. The minimum Gasteiger partial charge on any atom is -0.493 e. The molecule has 8 nitrogen and oxygen atoms in total. The molecule has 3 atom stereocenters. The number of nitrogens with one attached hydrogen (secondary N) is 2. The zero-order valence-electron chi connectivity index (χ0n) is 21.3. The number of nitrogens with zero attached hydrogens (tertiary/aromatic N) is 1. The van der Waals surface area contributed by atoms with Gasteiger partial charge in [0.15, 0.2) is 11.5 Å². The Morgan fingerprint density at radius 3 is 2.42 bits per heavy atom. The van der Waals surface area contributed by atoms with E-state index in [2.05, 4.69) is 34.7 Å². The van der Waals surface area contributed by atoms with Gasteiger partial charge in [0.05, 0.1) is 14.2 Å². The van der Waals surface area contributed by atoms with E-state index in [-0.39, 0.29) is 17.5 Å². The van der Waals surface area contributed by atoms with Crippen molar-refractivity contribution in [2.75, 3.05) is 39.7 Å². The normalized spacial score (nSPS) is 22.9. The lowest BCUT2D eigenvalue weighted by molar-refractivity contribution is -0.192. The van der Waals surface area contributed by atoms with Crippen molar-refractivity contribution >= 4 is 29.3 Å². The van der Waals surface area contributed by atoms with Crippen LogP contribution in [0.2, 0.25) is 5.02 Å². The van der Waals surface area contributed by atoms with E-state index in [1.807, 2.05) is 18.2 Å². The number of methoxy groups -OCH3 is 2. The highest BCUT2D eigenvalue weighted by Gasteiger charge is 2.50. The molecule has 0 spiro atoms. The van der Waals surface area contributed by atoms with Crippen LogP contribution in [0.4, 0.5) is 23.7 Å². The summed E-state index contributed by atoms with van der Waals surface area (Å²) in [5.74, 6) is -0.782. The molecular formula is C26H31ClF3N3O5. The average molecular weight is 558 g/mol. The van der Waals surface area contributed by atoms with Crippen LogP contribution in [0.1, 0.15) is 24.8 Å². The van der Waals surface area contributed by atoms with Crippen molar-refractivity contribution < 1.29 is 37.3 Å². The van der Waals surface area contributed by atoms with Gasteiger partial charge in [0.1, 0.15) is 0 Å². The van der Waals surface area contributed by atoms with E-state index in [1.54, 1.807) is 26.4 Å². The largest absolute Gasteiger partial charge is 0.493 e. The van der Waals surface area contributed by atoms with Gasteiger partial charge in [0.25, 0.3) is 0 Å². The molecule has 1 heterocycles. The van der Waals surface area contributed by atoms with Crippen LogP contribution >= 0.6 is 11.6 Å². The topological polar surface area (TPSA) is 100 Å². The first-order valence-electron chi connectivity index (χ1n) is 11.9. The Morgan fingerprint density at radius 1 is 1.13 bits per heavy atom. The minimum absolute atomic E-state index is 0.0654. The number of rotatable bonds is 5. The third-order valence-electron chi connectivity index (χ3n) is 6.99. The summed E-state index contributed by atoms with van der Waals surface area (Å²) in [4.78, 5) is 23.8. The van der Waals surface area contributed by atoms with Gasteiger partial charge in [-0.2, -0.15) is 13.2 Å². The van der Waals surface area contributed by atoms with Crippen LogP contribution in [-0.4, -0.2) is 68.6 Å². The van der Waals surface area contributed by atoms with Gasteiger partial charge in [-0.1, -0.05) is 23.7 Å². The highest BCUT2D eigenvalue weighted by atomic mass is 35.5. The first-order valence-corrected chi connectivity index (χ1v) is 12.3. The van der Waals surface area contributed by atoms with Crippen LogP contribution in [0.5, 0.6) is 11.5 Å². The number of carbonyl (C=O) groups is 2. The van der Waals surface area contributed by atoms with E-state index in [0.29, 0.717) is 16.6 Å². The number of fused-ring (bicyclic) bond motifs is 1. The summed E-state index contributed by atoms with van der Waals surface area (Å²) >= 11 is 6.02. The van der Waals surface area contributed by atoms with E-state index in [0.717, 1.165) is 43.9 Å². The second-order valence-electron chi connectivity index (χ2n) is 9.50. The molecule has 2 amide bonds. The van der Waals surface area contributed by atoms with Crippen molar-refractivity contribution in [1.29, 1.82) is 0 Å². The first-order chi connectivity index (χ1) is 17.9. The predicted molar refractivity (Wildman–Crippen MR) is 137 cm³/mol. The van der Waals surface area contributed by atoms with Gasteiger partial charge in [-0.05, 0) is 68.1 Å². The molecule has 0 bridgehead atoms. The SMILES string of the molecule is COc1ccc(C23CCC(NC(=O)Nc4cccc(Cl)c4)CC2CN(C)C3)cc1OC.O=C(O)C(F)(F)F. The Morgan fingerprint density at radius 2 is 1.82 bits per heavy atom. The molecule has 2 aromatic rings. The number of benzene rings is 2. The molecule has 208 valence electrons. The van der Waals surface area contributed by atoms with E-state index >= 15 is 0 Å². The number of amides is 2. The number of halogens is 4. The lowest BCUT2D eigenvalue weighted by Gasteiger charge is -2.42. The summed E-state index contributed by atoms with van der Waals surface area (Å²) in [6, 6.07) is 13.5. The standard InChI is InChI=1S/C24H30ClN3O3.C2HF3O2/c1-28-14-17-11-20(27-23(29)26-19-6-4-5-18(25)13-19)9-10-24(17,15-28)16-7-8-21(30-2)22(12-16)31-3;3-2(4,5)1(6)7/h4-8,12-13,17,20H,9-11,14-15H2,1-3H3,(H2,26,27,29);(H,6,7). The van der Waals surface area contributed by atoms with Crippen LogP contribution in [0.3, 0.4) is 0 Å². The third kappa shape index (κ3) is 7.02. The second-order valence-corrected chi connectivity index (χ2v) is 9.94. The average Bonchev–Trinajstić information content (AvgIpc) is 3.19. The number of carbonyl (C=O) groups excluding carboxylic acids is 1. The van der Waals surface area contributed by atoms with Crippen molar-refractivity contribution in [3.63, 3.8) is 0 Å². The molecule has 1 aliphatic carbocycles. The Labute approximate surface area is 224 Å². The Balaban J connectivity index is 0.000000505. The molecule has 2 aromatic carbocycles. The third-order valence-corrected chi connectivity index (χ3v) is 7.23. The maximum Gasteiger partial charge on any atom is 0.490 e. The Kier molecular flexibility index (Phi) is 9.37. The summed E-state index contributed by atoms with van der Waals surface area (Å²) in [6.07, 6.45) is -2.19. The van der Waals surface area contributed by atoms with Crippen molar-refractivity contribution in [2.24, 2.45) is 5.92 Å². The fourth-order valence-corrected chi connectivity index (χ4v) is 5.56. The van der Waals surface area contributed by atoms with E-state index in [1.165, 1.54) is 5.56 Å². The van der Waals surface area contributed by atoms with Crippen LogP contribution < -0.4 is 20.1 Å². The van der Waals surface area contributed by atoms with Crippen LogP contribution in [0, 0.1) is 5.92 Å². The number of likely N-dealkylation sites (tertiary alicyclic amines) is 1. The smallest absolute Gasteiger partial charge is 0.490 e. The lowest BCUT2D eigenvalue weighted by atomic mass is 9.63. The zero-order chi connectivity index (χ0) is 28.1. The van der Waals surface area contributed by atoms with Gasteiger partial charge in [0, 0.05) is 35.3 Å². The summed E-state index contributed by atoms with van der Waals surface area (Å²) in [5.41, 5.74) is 2.05. The number of likely N-dealkylation sites (N-methyl/N-ethyl adjacent to an activating group) is 1. The Bertz CT molecular complexity index is 1150. The molecular weight excluding hydrogens is 527 g/mol. The highest BCUT2D eigenvalue weighted by Crippen LogP contribution is 2.49. The van der Waals surface area contributed by atoms with Gasteiger partial charge >= 0.3 is 18.2 Å². The second kappa shape index (κ2) is 12.1. The molecule has 12 heteroatoms. The monoisotopic (exact) mass is 557 g/mol. The van der Waals surface area contributed by atoms with E-state index in [4.69, 9.17) is 31.0 Å². The van der Waals surface area contributed by atoms with Gasteiger partial charge in [-0.3, -0.25) is 0 Å². The van der Waals surface area contributed by atoms with Crippen LogP contribution in [-0.2, 0) is 10.2 Å². The van der Waals surface area contributed by atoms with Crippen LogP contribution in [0.15, 0.2) is 42.5 Å². The number of hydrogen-bond acceptors (Lipinski definition) is 5. The summed E-state index contributed by atoms with van der Waals surface area (Å²) < 4.78 is 42.7. The van der Waals surface area contributed by atoms with Crippen molar-refractivity contribution in [3.05, 3.63) is 53.1 Å². The van der Waals surface area contributed by atoms with E-state index in [9.17, 15) is 18.0 Å². The number of carboxylic acid groups (broad SMARTS) is 1. The molecule has 2 aliphatic rings. The molecule has 3 unspecified atom stereocenters. The van der Waals surface area contributed by atoms with Gasteiger partial charge < -0.3 is 30.1 Å². The van der Waals surface area contributed by atoms with E-state index < -0.39 is 12.1 Å². The maximum absolute atomic E-state index is 12.5. The van der Waals surface area contributed by atoms with Gasteiger partial charge in [0.2, 0.25) is 0 Å². The van der Waals surface area contributed by atoms with Gasteiger partial charge in [-0.25, -0.2) is 9.59 Å². The molecule has 4 rings (SSSR count). The first kappa shape index (κ1) is 29.4. The number of hydrogen-bond donors (Lipinski definition) is 3. The Hall–Kier alpha value is -3.18. The summed E-state index contributed by atoms with van der Waals surface area (Å²) in [5, 5.41) is 13.8. The fraction of sp³-hybridized carbons (Fsp3) is 0.462. The number of ether oxygens (including phenoxy) is 2. The zero-order valence-corrected chi connectivity index (χ0v) is 22.0. The molecule has 38 heavy (non-hydrogen) atoms. The molecule has 1 aliphatic heterocycles. The number of alkyl halides is 3. The molecule has 1 saturated carbocycles. The lowest BCUT2D eigenvalue weighted by Crippen LogP contribution is -2.48. The molecule has 2 fully saturated rings. The maximum atomic E-state index is 12.5. The highest BCUT2D eigenvalue weighted by molar-refractivity contribution is 6.30. The number of urea groups is 1. The van der Waals surface area contributed by atoms with Crippen molar-refractivity contribution in [1.82, 2.24) is 10.2 Å². The fourth-order valence-electron chi connectivity index (χ4n) is 5.37. The molecule has 0 aromatic heterocycles. The number of anilines is 1. The van der Waals surface area contributed by atoms with Crippen molar-refractivity contribution in [2.45, 2.75) is 36.9 Å². The summed E-state index contributed by atoms with van der Waals surface area (Å²) in [6.45, 7) is 2.02. The number of aliphatic carboxylic acids is 1. The summed E-state index contributed by atoms with van der Waals surface area (Å²) in [7, 11) is 5.51. The molecule has 1 saturated heterocycles. The van der Waals surface area contributed by atoms with Gasteiger partial charge in [-0.15, -0.1) is 0 Å². The van der Waals surface area contributed by atoms with Crippen molar-refractivity contribution in [3.8, 4) is 11.5 Å². The number of carboxylic acids is 1. The quantitative estimate of drug-likeness (QED) is 0.469. The van der Waals surface area contributed by atoms with Crippen LogP contribution in [0.25, 0.3) is 0 Å². The minimum atomic E-state index is -5.08. The molecule has 3 N–H and O–H groups in total. The predicted octanol–water partition coefficient (Wildman–Crippen LogP) is 5.16.